The van der Waals surface area contributed by atoms with Crippen molar-refractivity contribution >= 4 is 5.96 Å². The highest BCUT2D eigenvalue weighted by Gasteiger charge is 2.26. The second kappa shape index (κ2) is 7.49. The van der Waals surface area contributed by atoms with Gasteiger partial charge in [0.15, 0.2) is 5.96 Å². The third-order valence-corrected chi connectivity index (χ3v) is 2.82. The Bertz CT molecular complexity index is 203. The van der Waals surface area contributed by atoms with E-state index in [0.717, 1.165) is 44.7 Å². The number of rotatable bonds is 7. The first-order valence-corrected chi connectivity index (χ1v) is 6.58. The molecule has 94 valence electrons. The molecule has 0 heterocycles. The summed E-state index contributed by atoms with van der Waals surface area (Å²) >= 11 is 0. The number of hydrogen-bond acceptors (Lipinski definition) is 2. The van der Waals surface area contributed by atoms with Gasteiger partial charge < -0.3 is 10.6 Å². The second-order valence-electron chi connectivity index (χ2n) is 4.15. The quantitative estimate of drug-likeness (QED) is 0.503. The van der Waals surface area contributed by atoms with Gasteiger partial charge in [-0.15, -0.1) is 0 Å². The number of aliphatic imine (C=N–C) groups is 1. The molecule has 1 rings (SSSR count). The van der Waals surface area contributed by atoms with Gasteiger partial charge in [0.05, 0.1) is 6.54 Å². The molecule has 4 heteroatoms. The molecule has 0 amide bonds. The lowest BCUT2D eigenvalue weighted by Gasteiger charge is -2.18. The minimum Gasteiger partial charge on any atom is -0.357 e. The minimum absolute atomic E-state index is 0.849. The van der Waals surface area contributed by atoms with Crippen molar-refractivity contribution in [1.29, 1.82) is 0 Å². The average molecular weight is 226 g/mol. The Morgan fingerprint density at radius 2 is 1.81 bits per heavy atom. The van der Waals surface area contributed by atoms with Crippen LogP contribution >= 0.6 is 0 Å². The van der Waals surface area contributed by atoms with Gasteiger partial charge in [0.1, 0.15) is 0 Å². The SMILES string of the molecule is CCNC(=NCCN(CC)C1CC1)NCC. The van der Waals surface area contributed by atoms with Gasteiger partial charge in [0.2, 0.25) is 0 Å². The van der Waals surface area contributed by atoms with Crippen molar-refractivity contribution < 1.29 is 0 Å². The summed E-state index contributed by atoms with van der Waals surface area (Å²) in [5.41, 5.74) is 0. The molecule has 16 heavy (non-hydrogen) atoms. The van der Waals surface area contributed by atoms with Gasteiger partial charge in [-0.05, 0) is 33.2 Å². The predicted octanol–water partition coefficient (Wildman–Crippen LogP) is 1.05. The molecule has 1 aliphatic carbocycles. The van der Waals surface area contributed by atoms with E-state index in [2.05, 4.69) is 41.3 Å². The summed E-state index contributed by atoms with van der Waals surface area (Å²) in [6, 6.07) is 0.849. The highest BCUT2D eigenvalue weighted by molar-refractivity contribution is 5.79. The Morgan fingerprint density at radius 3 is 2.25 bits per heavy atom. The molecule has 1 fully saturated rings. The maximum Gasteiger partial charge on any atom is 0.191 e. The summed E-state index contributed by atoms with van der Waals surface area (Å²) in [6.45, 7) is 11.4. The highest BCUT2D eigenvalue weighted by atomic mass is 15.2. The van der Waals surface area contributed by atoms with Gasteiger partial charge in [0, 0.05) is 25.7 Å². The zero-order valence-corrected chi connectivity index (χ0v) is 10.9. The summed E-state index contributed by atoms with van der Waals surface area (Å²) in [7, 11) is 0. The van der Waals surface area contributed by atoms with Gasteiger partial charge in [-0.1, -0.05) is 6.92 Å². The maximum absolute atomic E-state index is 4.55. The average Bonchev–Trinajstić information content (AvgIpc) is 3.09. The Kier molecular flexibility index (Phi) is 6.23. The van der Waals surface area contributed by atoms with Crippen molar-refractivity contribution in [3.63, 3.8) is 0 Å². The lowest BCUT2D eigenvalue weighted by atomic mass is 10.4. The Labute approximate surface area is 99.5 Å². The summed E-state index contributed by atoms with van der Waals surface area (Å²) in [6.07, 6.45) is 2.76. The fourth-order valence-electron chi connectivity index (χ4n) is 1.84. The van der Waals surface area contributed by atoms with Crippen LogP contribution in [0.1, 0.15) is 33.6 Å². The van der Waals surface area contributed by atoms with Crippen molar-refractivity contribution in [2.75, 3.05) is 32.7 Å². The smallest absolute Gasteiger partial charge is 0.191 e. The molecule has 0 saturated heterocycles. The second-order valence-corrected chi connectivity index (χ2v) is 4.15. The minimum atomic E-state index is 0.849. The van der Waals surface area contributed by atoms with Gasteiger partial charge >= 0.3 is 0 Å². The third-order valence-electron chi connectivity index (χ3n) is 2.82. The summed E-state index contributed by atoms with van der Waals surface area (Å²) in [5, 5.41) is 6.48. The molecule has 0 spiro atoms. The first kappa shape index (κ1) is 13.3. The molecule has 1 aliphatic rings. The lowest BCUT2D eigenvalue weighted by molar-refractivity contribution is 0.286. The fourth-order valence-corrected chi connectivity index (χ4v) is 1.84. The number of nitrogens with one attached hydrogen (secondary N) is 2. The van der Waals surface area contributed by atoms with E-state index in [1.807, 2.05) is 0 Å². The number of guanidine groups is 1. The highest BCUT2D eigenvalue weighted by Crippen LogP contribution is 2.25. The molecule has 0 radical (unpaired) electrons. The molecule has 0 aromatic rings. The molecule has 0 atom stereocenters. The predicted molar refractivity (Wildman–Crippen MR) is 69.9 cm³/mol. The lowest BCUT2D eigenvalue weighted by Crippen LogP contribution is -2.38. The van der Waals surface area contributed by atoms with E-state index in [1.54, 1.807) is 0 Å². The van der Waals surface area contributed by atoms with Crippen LogP contribution in [-0.2, 0) is 0 Å². The molecule has 0 bridgehead atoms. The van der Waals surface area contributed by atoms with E-state index in [0.29, 0.717) is 0 Å². The van der Waals surface area contributed by atoms with Crippen LogP contribution in [0.2, 0.25) is 0 Å². The van der Waals surface area contributed by atoms with Gasteiger partial charge in [-0.3, -0.25) is 9.89 Å². The first-order valence-electron chi connectivity index (χ1n) is 6.58. The van der Waals surface area contributed by atoms with E-state index >= 15 is 0 Å². The van der Waals surface area contributed by atoms with Gasteiger partial charge in [0.25, 0.3) is 0 Å². The standard InChI is InChI=1S/C12H26N4/c1-4-13-12(14-5-2)15-9-10-16(6-3)11-7-8-11/h11H,4-10H2,1-3H3,(H2,13,14,15). The Hall–Kier alpha value is -0.770. The molecule has 0 aliphatic heterocycles. The molecular weight excluding hydrogens is 200 g/mol. The largest absolute Gasteiger partial charge is 0.357 e. The molecule has 2 N–H and O–H groups in total. The number of hydrogen-bond donors (Lipinski definition) is 2. The van der Waals surface area contributed by atoms with Crippen LogP contribution in [-0.4, -0.2) is 49.6 Å². The molecule has 1 saturated carbocycles. The van der Waals surface area contributed by atoms with E-state index in [1.165, 1.54) is 12.8 Å². The zero-order chi connectivity index (χ0) is 11.8. The Balaban J connectivity index is 2.25. The number of nitrogens with zero attached hydrogens (tertiary/aromatic N) is 2. The van der Waals surface area contributed by atoms with Crippen molar-refractivity contribution in [3.05, 3.63) is 0 Å². The molecule has 4 nitrogen and oxygen atoms in total. The van der Waals surface area contributed by atoms with Crippen LogP contribution in [0.4, 0.5) is 0 Å². The van der Waals surface area contributed by atoms with E-state index in [9.17, 15) is 0 Å². The summed E-state index contributed by atoms with van der Waals surface area (Å²) < 4.78 is 0. The van der Waals surface area contributed by atoms with Crippen molar-refractivity contribution in [1.82, 2.24) is 15.5 Å². The topological polar surface area (TPSA) is 39.7 Å². The summed E-state index contributed by atoms with van der Waals surface area (Å²) in [5.74, 6) is 0.942. The van der Waals surface area contributed by atoms with Gasteiger partial charge in [-0.25, -0.2) is 0 Å². The maximum atomic E-state index is 4.55. The van der Waals surface area contributed by atoms with Crippen LogP contribution < -0.4 is 10.6 Å². The van der Waals surface area contributed by atoms with Crippen LogP contribution in [0.15, 0.2) is 4.99 Å². The zero-order valence-electron chi connectivity index (χ0n) is 10.9. The van der Waals surface area contributed by atoms with Crippen LogP contribution in [0.25, 0.3) is 0 Å². The molecule has 0 aromatic heterocycles. The summed E-state index contributed by atoms with van der Waals surface area (Å²) in [4.78, 5) is 7.08. The molecular formula is C12H26N4. The van der Waals surface area contributed by atoms with Crippen LogP contribution in [0, 0.1) is 0 Å². The van der Waals surface area contributed by atoms with Crippen LogP contribution in [0.5, 0.6) is 0 Å². The fraction of sp³-hybridized carbons (Fsp3) is 0.917. The van der Waals surface area contributed by atoms with Gasteiger partial charge in [-0.2, -0.15) is 0 Å². The van der Waals surface area contributed by atoms with Crippen LogP contribution in [0.3, 0.4) is 0 Å². The normalized spacial score (nSPS) is 15.0. The monoisotopic (exact) mass is 226 g/mol. The first-order chi connectivity index (χ1) is 7.81. The Morgan fingerprint density at radius 1 is 1.19 bits per heavy atom. The van der Waals surface area contributed by atoms with E-state index < -0.39 is 0 Å². The van der Waals surface area contributed by atoms with Crippen molar-refractivity contribution in [2.45, 2.75) is 39.7 Å². The van der Waals surface area contributed by atoms with E-state index in [-0.39, 0.29) is 0 Å². The third kappa shape index (κ3) is 4.84. The van der Waals surface area contributed by atoms with Crippen molar-refractivity contribution in [3.8, 4) is 0 Å². The number of likely N-dealkylation sites (N-methyl/N-ethyl adjacent to an activating group) is 1. The van der Waals surface area contributed by atoms with E-state index in [4.69, 9.17) is 0 Å². The molecule has 0 unspecified atom stereocenters. The van der Waals surface area contributed by atoms with Crippen molar-refractivity contribution in [2.24, 2.45) is 4.99 Å². The molecule has 0 aromatic carbocycles.